The van der Waals surface area contributed by atoms with E-state index in [1.807, 2.05) is 36.1 Å². The molecule has 0 aliphatic heterocycles. The normalized spacial score (nSPS) is 11.6. The zero-order chi connectivity index (χ0) is 13.0. The summed E-state index contributed by atoms with van der Waals surface area (Å²) in [5.74, 6) is 0. The average molecular weight is 278 g/mol. The Bertz CT molecular complexity index is 408. The van der Waals surface area contributed by atoms with Gasteiger partial charge in [0.05, 0.1) is 5.02 Å². The van der Waals surface area contributed by atoms with E-state index in [0.717, 1.165) is 5.02 Å². The smallest absolute Gasteiger partial charge is 0.485 e. The maximum atomic E-state index is 10.7. The van der Waals surface area contributed by atoms with Crippen LogP contribution in [-0.2, 0) is 17.2 Å². The van der Waals surface area contributed by atoms with Gasteiger partial charge in [0.2, 0.25) is 0 Å². The lowest BCUT2D eigenvalue weighted by atomic mass is 10.5. The summed E-state index contributed by atoms with van der Waals surface area (Å²) in [4.78, 5) is 0. The Kier molecular flexibility index (Phi) is 5.17. The predicted molar refractivity (Wildman–Crippen MR) is 48.4 cm³/mol. The molecule has 0 spiro atoms. The molecule has 0 amide bonds. The molecule has 0 atom stereocenters. The molecule has 0 saturated carbocycles. The fourth-order valence-electron chi connectivity index (χ4n) is 0.483. The Morgan fingerprint density at radius 2 is 1.62 bits per heavy atom. The summed E-state index contributed by atoms with van der Waals surface area (Å²) in [6.07, 6.45) is 3.81. The molecule has 0 aromatic carbocycles. The Labute approximate surface area is 95.0 Å². The summed E-state index contributed by atoms with van der Waals surface area (Å²) in [6, 6.07) is 3.70. The van der Waals surface area contributed by atoms with Crippen molar-refractivity contribution in [2.75, 3.05) is 0 Å². The van der Waals surface area contributed by atoms with Gasteiger partial charge in [-0.05, 0) is 0 Å². The molecular weight excluding hydrogens is 271 g/mol. The van der Waals surface area contributed by atoms with E-state index in [2.05, 4.69) is 0 Å². The molecule has 0 radical (unpaired) electrons. The zero-order valence-corrected chi connectivity index (χ0v) is 9.47. The second-order valence-electron chi connectivity index (χ2n) is 2.58. The first kappa shape index (κ1) is 15.1. The van der Waals surface area contributed by atoms with Gasteiger partial charge in [-0.15, -0.1) is 0 Å². The minimum atomic E-state index is -6.09. The average Bonchev–Trinajstić information content (AvgIpc) is 2.08. The summed E-state index contributed by atoms with van der Waals surface area (Å²) < 4.78 is 60.8. The van der Waals surface area contributed by atoms with Gasteiger partial charge in [-0.25, -0.2) is 13.0 Å². The van der Waals surface area contributed by atoms with Gasteiger partial charge in [0.15, 0.2) is 22.5 Å². The second-order valence-corrected chi connectivity index (χ2v) is 4.39. The van der Waals surface area contributed by atoms with Crippen molar-refractivity contribution in [3.8, 4) is 0 Å². The van der Waals surface area contributed by atoms with Crippen molar-refractivity contribution in [1.29, 1.82) is 0 Å². The van der Waals surface area contributed by atoms with Crippen molar-refractivity contribution >= 4 is 21.7 Å². The van der Waals surface area contributed by atoms with Crippen LogP contribution >= 0.6 is 11.6 Å². The van der Waals surface area contributed by atoms with Gasteiger partial charge in [-0.3, -0.25) is 0 Å². The van der Waals surface area contributed by atoms with Gasteiger partial charge in [-0.2, -0.15) is 13.2 Å². The van der Waals surface area contributed by atoms with E-state index in [9.17, 15) is 13.2 Å². The Hall–Kier alpha value is -0.860. The van der Waals surface area contributed by atoms with Crippen LogP contribution in [0.15, 0.2) is 24.5 Å². The van der Waals surface area contributed by atoms with Crippen LogP contribution in [0.2, 0.25) is 5.02 Å². The first-order valence-electron chi connectivity index (χ1n) is 3.67. The molecule has 16 heavy (non-hydrogen) atoms. The maximum absolute atomic E-state index is 10.7. The molecule has 1 rings (SSSR count). The fourth-order valence-corrected chi connectivity index (χ4v) is 0.595. The molecule has 0 fully saturated rings. The number of aromatic nitrogens is 1. The molecule has 9 heteroatoms. The number of hydrogen-bond donors (Lipinski definition) is 0. The van der Waals surface area contributed by atoms with E-state index in [0.29, 0.717) is 0 Å². The minimum Gasteiger partial charge on any atom is -0.741 e. The summed E-state index contributed by atoms with van der Waals surface area (Å²) in [7, 11) is -4.14. The predicted octanol–water partition coefficient (Wildman–Crippen LogP) is 1.22. The number of hydrogen-bond acceptors (Lipinski definition) is 3. The van der Waals surface area contributed by atoms with E-state index in [1.165, 1.54) is 0 Å². The van der Waals surface area contributed by atoms with E-state index in [1.54, 1.807) is 0 Å². The minimum absolute atomic E-state index is 0.781. The lowest BCUT2D eigenvalue weighted by Gasteiger charge is -2.08. The van der Waals surface area contributed by atoms with E-state index < -0.39 is 15.6 Å². The topological polar surface area (TPSA) is 61.1 Å². The van der Waals surface area contributed by atoms with Crippen molar-refractivity contribution in [3.63, 3.8) is 0 Å². The lowest BCUT2D eigenvalue weighted by molar-refractivity contribution is -0.671. The summed E-state index contributed by atoms with van der Waals surface area (Å²) >= 11 is 5.60. The molecule has 1 aromatic rings. The SMILES string of the molecule is C[n+]1ccc(Cl)cc1.O=S(=O)([O-])C(F)(F)F. The highest BCUT2D eigenvalue weighted by molar-refractivity contribution is 7.86. The summed E-state index contributed by atoms with van der Waals surface area (Å²) in [5, 5.41) is 0.781. The monoisotopic (exact) mass is 277 g/mol. The molecule has 4 nitrogen and oxygen atoms in total. The highest BCUT2D eigenvalue weighted by Gasteiger charge is 2.36. The van der Waals surface area contributed by atoms with Gasteiger partial charge in [-0.1, -0.05) is 11.6 Å². The van der Waals surface area contributed by atoms with Crippen molar-refractivity contribution in [3.05, 3.63) is 29.5 Å². The number of alkyl halides is 3. The quantitative estimate of drug-likeness (QED) is 0.407. The third-order valence-corrected chi connectivity index (χ3v) is 2.04. The fraction of sp³-hybridized carbons (Fsp3) is 0.286. The van der Waals surface area contributed by atoms with Crippen LogP contribution in [0.4, 0.5) is 13.2 Å². The van der Waals surface area contributed by atoms with Crippen molar-refractivity contribution in [2.24, 2.45) is 7.05 Å². The summed E-state index contributed by atoms with van der Waals surface area (Å²) in [5.41, 5.74) is -5.65. The van der Waals surface area contributed by atoms with Crippen LogP contribution < -0.4 is 4.57 Å². The van der Waals surface area contributed by atoms with Gasteiger partial charge in [0.25, 0.3) is 0 Å². The Balaban J connectivity index is 0.000000281. The van der Waals surface area contributed by atoms with E-state index in [-0.39, 0.29) is 0 Å². The van der Waals surface area contributed by atoms with Gasteiger partial charge in [0, 0.05) is 12.1 Å². The molecule has 1 aromatic heterocycles. The Morgan fingerprint density at radius 3 is 1.81 bits per heavy atom. The molecule has 0 N–H and O–H groups in total. The number of rotatable bonds is 0. The molecule has 0 bridgehead atoms. The number of pyridine rings is 1. The van der Waals surface area contributed by atoms with Crippen LogP contribution in [0.5, 0.6) is 0 Å². The van der Waals surface area contributed by atoms with Crippen LogP contribution in [0, 0.1) is 0 Å². The van der Waals surface area contributed by atoms with E-state index in [4.69, 9.17) is 24.6 Å². The van der Waals surface area contributed by atoms with Crippen molar-refractivity contribution < 1.29 is 30.7 Å². The number of aryl methyl sites for hydroxylation is 1. The molecule has 0 aliphatic rings. The van der Waals surface area contributed by atoms with Gasteiger partial charge in [0.1, 0.15) is 7.05 Å². The third kappa shape index (κ3) is 5.89. The van der Waals surface area contributed by atoms with Crippen molar-refractivity contribution in [2.45, 2.75) is 5.51 Å². The third-order valence-electron chi connectivity index (χ3n) is 1.22. The first-order chi connectivity index (χ1) is 7.04. The molecule has 0 saturated heterocycles. The van der Waals surface area contributed by atoms with Crippen LogP contribution in [0.3, 0.4) is 0 Å². The molecule has 1 heterocycles. The zero-order valence-electron chi connectivity index (χ0n) is 7.90. The highest BCUT2D eigenvalue weighted by atomic mass is 35.5. The largest absolute Gasteiger partial charge is 0.741 e. The number of halogens is 4. The Morgan fingerprint density at radius 1 is 1.31 bits per heavy atom. The van der Waals surface area contributed by atoms with Crippen molar-refractivity contribution in [1.82, 2.24) is 0 Å². The molecule has 92 valence electrons. The van der Waals surface area contributed by atoms with Gasteiger partial charge < -0.3 is 4.55 Å². The standard InChI is InChI=1S/C6H7ClN.CHF3O3S/c1-8-4-2-6(7)3-5-8;2-1(3,4)8(5,6)7/h2-5H,1H3;(H,5,6,7)/q+1;/p-1. The van der Waals surface area contributed by atoms with Crippen LogP contribution in [0.25, 0.3) is 0 Å². The lowest BCUT2D eigenvalue weighted by Crippen LogP contribution is -2.25. The van der Waals surface area contributed by atoms with E-state index >= 15 is 0 Å². The first-order valence-corrected chi connectivity index (χ1v) is 5.45. The van der Waals surface area contributed by atoms with Crippen LogP contribution in [-0.4, -0.2) is 18.5 Å². The molecule has 0 aliphatic carbocycles. The molecule has 0 unspecified atom stereocenters. The summed E-state index contributed by atoms with van der Waals surface area (Å²) in [6.45, 7) is 0. The maximum Gasteiger partial charge on any atom is 0.485 e. The van der Waals surface area contributed by atoms with Crippen LogP contribution in [0.1, 0.15) is 0 Å². The molecular formula is C7H7ClF3NO3S. The highest BCUT2D eigenvalue weighted by Crippen LogP contribution is 2.20. The van der Waals surface area contributed by atoms with Gasteiger partial charge >= 0.3 is 5.51 Å². The number of nitrogens with zero attached hydrogens (tertiary/aromatic N) is 1. The second kappa shape index (κ2) is 5.46.